The fourth-order valence-electron chi connectivity index (χ4n) is 1.11. The van der Waals surface area contributed by atoms with Gasteiger partial charge >= 0.3 is 0 Å². The molecule has 0 aliphatic carbocycles. The number of hydrogen-bond acceptors (Lipinski definition) is 4. The first-order valence-corrected chi connectivity index (χ1v) is 7.53. The smallest absolute Gasteiger partial charge is 0.255 e. The topological polar surface area (TPSA) is 81.8 Å². The lowest BCUT2D eigenvalue weighted by molar-refractivity contribution is -0.137. The minimum absolute atomic E-state index is 0.133. The zero-order valence-electron chi connectivity index (χ0n) is 10.5. The summed E-state index contributed by atoms with van der Waals surface area (Å²) in [6.07, 6.45) is 0.324. The number of nitrogens with two attached hydrogens (primary N) is 1. The van der Waals surface area contributed by atoms with Crippen LogP contribution in [0.25, 0.3) is 0 Å². The highest BCUT2D eigenvalue weighted by atomic mass is 31.2. The monoisotopic (exact) mass is 253 g/mol. The van der Waals surface area contributed by atoms with Crippen molar-refractivity contribution in [1.29, 1.82) is 0 Å². The van der Waals surface area contributed by atoms with Crippen molar-refractivity contribution in [3.8, 4) is 0 Å². The molecule has 0 saturated carbocycles. The lowest BCUT2D eigenvalue weighted by atomic mass is 10.5. The second-order valence-corrected chi connectivity index (χ2v) is 6.68. The Morgan fingerprint density at radius 1 is 1.19 bits per heavy atom. The number of ether oxygens (including phenoxy) is 2. The molecule has 0 bridgehead atoms. The maximum atomic E-state index is 12.0. The van der Waals surface area contributed by atoms with Gasteiger partial charge in [-0.25, -0.2) is 0 Å². The van der Waals surface area contributed by atoms with Crippen molar-refractivity contribution in [1.82, 2.24) is 0 Å². The Kier molecular flexibility index (Phi) is 7.44. The lowest BCUT2D eigenvalue weighted by Gasteiger charge is -2.26. The van der Waals surface area contributed by atoms with E-state index < -0.39 is 13.4 Å². The van der Waals surface area contributed by atoms with Crippen molar-refractivity contribution in [2.45, 2.75) is 52.4 Å². The molecule has 0 radical (unpaired) electrons. The van der Waals surface area contributed by atoms with Gasteiger partial charge in [-0.05, 0) is 40.7 Å². The second kappa shape index (κ2) is 7.41. The summed E-state index contributed by atoms with van der Waals surface area (Å²) in [5.41, 5.74) is 5.32. The third-order valence-electron chi connectivity index (χ3n) is 1.79. The molecule has 0 saturated heterocycles. The van der Waals surface area contributed by atoms with Crippen LogP contribution in [0.1, 0.15) is 34.1 Å². The van der Waals surface area contributed by atoms with Crippen molar-refractivity contribution < 1.29 is 18.9 Å². The molecule has 0 aromatic rings. The highest BCUT2D eigenvalue weighted by molar-refractivity contribution is 7.58. The fraction of sp³-hybridized carbons (Fsp3) is 1.00. The van der Waals surface area contributed by atoms with E-state index in [0.29, 0.717) is 13.0 Å². The highest BCUT2D eigenvalue weighted by Gasteiger charge is 2.33. The summed E-state index contributed by atoms with van der Waals surface area (Å²) in [4.78, 5) is 9.85. The Bertz CT molecular complexity index is 223. The average Bonchev–Trinajstić information content (AvgIpc) is 2.12. The first-order valence-electron chi connectivity index (χ1n) is 5.62. The van der Waals surface area contributed by atoms with Crippen LogP contribution in [-0.2, 0) is 14.0 Å². The first kappa shape index (κ1) is 16.1. The summed E-state index contributed by atoms with van der Waals surface area (Å²) in [6.45, 7) is 7.61. The van der Waals surface area contributed by atoms with E-state index in [1.807, 2.05) is 0 Å². The minimum atomic E-state index is -3.45. The van der Waals surface area contributed by atoms with Gasteiger partial charge in [-0.3, -0.25) is 4.57 Å². The molecule has 1 unspecified atom stereocenters. The molecule has 0 aliphatic heterocycles. The highest BCUT2D eigenvalue weighted by Crippen LogP contribution is 2.48. The van der Waals surface area contributed by atoms with E-state index in [0.717, 1.165) is 0 Å². The second-order valence-electron chi connectivity index (χ2n) is 4.30. The van der Waals surface area contributed by atoms with Gasteiger partial charge in [-0.15, -0.1) is 0 Å². The molecule has 0 aliphatic rings. The number of rotatable bonds is 8. The summed E-state index contributed by atoms with van der Waals surface area (Å²) < 4.78 is 22.7. The molecule has 0 heterocycles. The van der Waals surface area contributed by atoms with Gasteiger partial charge in [0.1, 0.15) is 0 Å². The van der Waals surface area contributed by atoms with E-state index in [-0.39, 0.29) is 18.4 Å². The molecule has 0 aromatic carbocycles. The van der Waals surface area contributed by atoms with Gasteiger partial charge in [0.15, 0.2) is 0 Å². The van der Waals surface area contributed by atoms with Crippen LogP contribution in [-0.4, -0.2) is 35.8 Å². The quantitative estimate of drug-likeness (QED) is 0.508. The van der Waals surface area contributed by atoms with Crippen LogP contribution in [0.2, 0.25) is 0 Å². The lowest BCUT2D eigenvalue weighted by Crippen LogP contribution is -2.26. The van der Waals surface area contributed by atoms with Crippen LogP contribution in [0, 0.1) is 0 Å². The van der Waals surface area contributed by atoms with Crippen molar-refractivity contribution in [3.63, 3.8) is 0 Å². The van der Waals surface area contributed by atoms with Gasteiger partial charge in [0.25, 0.3) is 7.37 Å². The summed E-state index contributed by atoms with van der Waals surface area (Å²) in [5.74, 6) is 0. The van der Waals surface area contributed by atoms with Crippen LogP contribution in [0.15, 0.2) is 0 Å². The van der Waals surface area contributed by atoms with Crippen LogP contribution in [0.4, 0.5) is 0 Å². The van der Waals surface area contributed by atoms with Gasteiger partial charge < -0.3 is 20.1 Å². The average molecular weight is 253 g/mol. The molecular formula is C10H24NO4P. The Hall–Kier alpha value is 0.0700. The van der Waals surface area contributed by atoms with E-state index in [9.17, 15) is 9.46 Å². The predicted octanol–water partition coefficient (Wildman–Crippen LogP) is 1.74. The summed E-state index contributed by atoms with van der Waals surface area (Å²) in [5, 5.41) is 0. The molecule has 1 atom stereocenters. The third kappa shape index (κ3) is 6.61. The van der Waals surface area contributed by atoms with Crippen molar-refractivity contribution in [2.24, 2.45) is 5.73 Å². The van der Waals surface area contributed by atoms with E-state index in [4.69, 9.17) is 15.2 Å². The SMILES string of the molecule is CC(C)OC(OC(C)C)P(=O)(O)CCCN. The van der Waals surface area contributed by atoms with Crippen LogP contribution >= 0.6 is 7.37 Å². The van der Waals surface area contributed by atoms with Gasteiger partial charge in [-0.2, -0.15) is 0 Å². The summed E-state index contributed by atoms with van der Waals surface area (Å²) >= 11 is 0. The van der Waals surface area contributed by atoms with Crippen molar-refractivity contribution in [2.75, 3.05) is 12.7 Å². The maximum Gasteiger partial charge on any atom is 0.255 e. The van der Waals surface area contributed by atoms with Gasteiger partial charge in [0.05, 0.1) is 12.2 Å². The maximum absolute atomic E-state index is 12.0. The molecule has 5 nitrogen and oxygen atoms in total. The van der Waals surface area contributed by atoms with Crippen LogP contribution in [0.3, 0.4) is 0 Å². The van der Waals surface area contributed by atoms with Crippen LogP contribution < -0.4 is 5.73 Å². The van der Waals surface area contributed by atoms with E-state index >= 15 is 0 Å². The molecule has 98 valence electrons. The standard InChI is InChI=1S/C10H24NO4P/c1-8(2)14-10(15-9(3)4)16(12,13)7-5-6-11/h8-10H,5-7,11H2,1-4H3,(H,12,13). The fourth-order valence-corrected chi connectivity index (χ4v) is 2.82. The Morgan fingerprint density at radius 2 is 1.62 bits per heavy atom. The Labute approximate surface area is 97.8 Å². The predicted molar refractivity (Wildman–Crippen MR) is 64.6 cm³/mol. The van der Waals surface area contributed by atoms with Gasteiger partial charge in [0, 0.05) is 6.16 Å². The van der Waals surface area contributed by atoms with Crippen molar-refractivity contribution >= 4 is 7.37 Å². The summed E-state index contributed by atoms with van der Waals surface area (Å²) in [6, 6.07) is -1.04. The van der Waals surface area contributed by atoms with Crippen LogP contribution in [0.5, 0.6) is 0 Å². The molecule has 16 heavy (non-hydrogen) atoms. The molecule has 0 spiro atoms. The van der Waals surface area contributed by atoms with E-state index in [1.165, 1.54) is 0 Å². The molecule has 6 heteroatoms. The van der Waals surface area contributed by atoms with Gasteiger partial charge in [-0.1, -0.05) is 0 Å². The Morgan fingerprint density at radius 3 is 1.94 bits per heavy atom. The van der Waals surface area contributed by atoms with Crippen molar-refractivity contribution in [3.05, 3.63) is 0 Å². The zero-order valence-corrected chi connectivity index (χ0v) is 11.4. The minimum Gasteiger partial charge on any atom is -0.342 e. The van der Waals surface area contributed by atoms with Gasteiger partial charge in [0.2, 0.25) is 6.03 Å². The normalized spacial score (nSPS) is 16.1. The Balaban J connectivity index is 4.52. The summed E-state index contributed by atoms with van der Waals surface area (Å²) in [7, 11) is -3.45. The number of hydrogen-bond donors (Lipinski definition) is 2. The molecule has 0 amide bonds. The molecule has 0 fully saturated rings. The third-order valence-corrected chi connectivity index (χ3v) is 3.65. The molecular weight excluding hydrogens is 229 g/mol. The molecule has 3 N–H and O–H groups in total. The zero-order chi connectivity index (χ0) is 12.8. The molecule has 0 aromatic heterocycles. The first-order chi connectivity index (χ1) is 7.29. The molecule has 0 rings (SSSR count). The largest absolute Gasteiger partial charge is 0.342 e. The van der Waals surface area contributed by atoms with E-state index in [2.05, 4.69) is 0 Å². The van der Waals surface area contributed by atoms with E-state index in [1.54, 1.807) is 27.7 Å².